The number of aliphatic carboxylic acids is 1. The number of thiophene rings is 1. The number of carboxylic acids is 1. The van der Waals surface area contributed by atoms with Gasteiger partial charge >= 0.3 is 11.9 Å². The van der Waals surface area contributed by atoms with Crippen LogP contribution in [-0.2, 0) is 20.9 Å². The lowest BCUT2D eigenvalue weighted by molar-refractivity contribution is -0.149. The van der Waals surface area contributed by atoms with Crippen molar-refractivity contribution in [3.05, 3.63) is 22.4 Å². The molecule has 5 nitrogen and oxygen atoms in total. The molecule has 0 bridgehead atoms. The first kappa shape index (κ1) is 12.6. The van der Waals surface area contributed by atoms with Crippen LogP contribution in [0.1, 0.15) is 17.7 Å². The number of carbonyl (C=O) groups is 2. The van der Waals surface area contributed by atoms with E-state index < -0.39 is 11.5 Å². The van der Waals surface area contributed by atoms with Crippen LogP contribution in [0.2, 0.25) is 0 Å². The Hall–Kier alpha value is -1.40. The number of nitrogens with two attached hydrogens (primary N) is 1. The smallest absolute Gasteiger partial charge is 0.324 e. The fraction of sp³-hybridized carbons (Fsp3) is 0.538. The van der Waals surface area contributed by atoms with Crippen molar-refractivity contribution in [1.82, 2.24) is 0 Å². The van der Waals surface area contributed by atoms with E-state index in [0.29, 0.717) is 12.8 Å². The highest BCUT2D eigenvalue weighted by molar-refractivity contribution is 7.09. The average Bonchev–Trinajstić information content (AvgIpc) is 2.72. The van der Waals surface area contributed by atoms with Crippen LogP contribution < -0.4 is 5.73 Å². The summed E-state index contributed by atoms with van der Waals surface area (Å²) >= 11 is 1.53. The summed E-state index contributed by atoms with van der Waals surface area (Å²) in [5, 5.41) is 11.1. The lowest BCUT2D eigenvalue weighted by Gasteiger charge is -2.21. The maximum absolute atomic E-state index is 12.0. The summed E-state index contributed by atoms with van der Waals surface area (Å²) in [6.07, 6.45) is 1.15. The van der Waals surface area contributed by atoms with E-state index in [1.54, 1.807) is 0 Å². The second-order valence-electron chi connectivity index (χ2n) is 5.29. The largest absolute Gasteiger partial charge is 0.480 e. The standard InChI is InChI=1S/C13H15NO4S/c14-13(12(16)17)4-3-8-9(10(8)13)11(15)18-6-7-2-1-5-19-7/h1-2,5,8-10H,3-4,6,14H2,(H,16,17). The summed E-state index contributed by atoms with van der Waals surface area (Å²) < 4.78 is 5.24. The van der Waals surface area contributed by atoms with E-state index in [2.05, 4.69) is 0 Å². The first-order valence-electron chi connectivity index (χ1n) is 6.25. The molecular formula is C13H15NO4S. The zero-order valence-corrected chi connectivity index (χ0v) is 11.1. The van der Waals surface area contributed by atoms with E-state index >= 15 is 0 Å². The third-order valence-electron chi connectivity index (χ3n) is 4.26. The van der Waals surface area contributed by atoms with Gasteiger partial charge in [0.25, 0.3) is 0 Å². The lowest BCUT2D eigenvalue weighted by Crippen LogP contribution is -2.49. The van der Waals surface area contributed by atoms with Gasteiger partial charge in [0.05, 0.1) is 5.92 Å². The van der Waals surface area contributed by atoms with E-state index in [1.807, 2.05) is 17.5 Å². The molecule has 0 aliphatic heterocycles. The van der Waals surface area contributed by atoms with E-state index in [1.165, 1.54) is 11.3 Å². The molecule has 19 heavy (non-hydrogen) atoms. The fourth-order valence-electron chi connectivity index (χ4n) is 3.21. The third-order valence-corrected chi connectivity index (χ3v) is 5.11. The molecule has 0 saturated heterocycles. The minimum Gasteiger partial charge on any atom is -0.480 e. The highest BCUT2D eigenvalue weighted by Gasteiger charge is 2.70. The molecule has 0 aromatic carbocycles. The molecule has 1 aromatic rings. The Morgan fingerprint density at radius 2 is 2.37 bits per heavy atom. The highest BCUT2D eigenvalue weighted by atomic mass is 32.1. The van der Waals surface area contributed by atoms with Crippen LogP contribution in [0.5, 0.6) is 0 Å². The van der Waals surface area contributed by atoms with Gasteiger partial charge in [0.2, 0.25) is 0 Å². The van der Waals surface area contributed by atoms with Crippen molar-refractivity contribution >= 4 is 23.3 Å². The molecule has 4 unspecified atom stereocenters. The van der Waals surface area contributed by atoms with Gasteiger partial charge < -0.3 is 15.6 Å². The zero-order valence-electron chi connectivity index (χ0n) is 10.2. The predicted octanol–water partition coefficient (Wildman–Crippen LogP) is 1.23. The van der Waals surface area contributed by atoms with Crippen molar-refractivity contribution in [2.75, 3.05) is 0 Å². The Labute approximate surface area is 114 Å². The summed E-state index contributed by atoms with van der Waals surface area (Å²) in [5.74, 6) is -1.79. The molecule has 3 rings (SSSR count). The first-order valence-corrected chi connectivity index (χ1v) is 7.13. The molecule has 2 aliphatic rings. The molecule has 2 saturated carbocycles. The molecule has 102 valence electrons. The number of hydrogen-bond acceptors (Lipinski definition) is 5. The van der Waals surface area contributed by atoms with Crippen LogP contribution in [0.3, 0.4) is 0 Å². The molecule has 1 heterocycles. The first-order chi connectivity index (χ1) is 9.04. The van der Waals surface area contributed by atoms with E-state index in [-0.39, 0.29) is 30.3 Å². The Morgan fingerprint density at radius 1 is 1.58 bits per heavy atom. The quantitative estimate of drug-likeness (QED) is 0.810. The number of carbonyl (C=O) groups excluding carboxylic acids is 1. The minimum atomic E-state index is -1.24. The van der Waals surface area contributed by atoms with E-state index in [9.17, 15) is 14.7 Å². The van der Waals surface area contributed by atoms with Crippen molar-refractivity contribution in [2.45, 2.75) is 25.0 Å². The summed E-state index contributed by atoms with van der Waals surface area (Å²) in [4.78, 5) is 24.1. The SMILES string of the molecule is NC1(C(=O)O)CCC2C(C(=O)OCc3cccs3)C21. The molecule has 2 fully saturated rings. The summed E-state index contributed by atoms with van der Waals surface area (Å²) in [6.45, 7) is 0.261. The van der Waals surface area contributed by atoms with Crippen molar-refractivity contribution < 1.29 is 19.4 Å². The van der Waals surface area contributed by atoms with Crippen LogP contribution in [0, 0.1) is 17.8 Å². The Kier molecular flexibility index (Phi) is 2.87. The van der Waals surface area contributed by atoms with Gasteiger partial charge in [0.1, 0.15) is 12.1 Å². The fourth-order valence-corrected chi connectivity index (χ4v) is 3.83. The summed E-state index contributed by atoms with van der Waals surface area (Å²) in [5.41, 5.74) is 4.66. The Bertz CT molecular complexity index is 515. The number of hydrogen-bond donors (Lipinski definition) is 2. The van der Waals surface area contributed by atoms with Crippen LogP contribution in [-0.4, -0.2) is 22.6 Å². The van der Waals surface area contributed by atoms with Gasteiger partial charge in [0, 0.05) is 10.8 Å². The van der Waals surface area contributed by atoms with Gasteiger partial charge in [-0.2, -0.15) is 0 Å². The topological polar surface area (TPSA) is 89.6 Å². The second-order valence-corrected chi connectivity index (χ2v) is 6.32. The molecule has 0 spiro atoms. The lowest BCUT2D eigenvalue weighted by atomic mass is 9.92. The Morgan fingerprint density at radius 3 is 3.00 bits per heavy atom. The van der Waals surface area contributed by atoms with Crippen LogP contribution in [0.15, 0.2) is 17.5 Å². The maximum Gasteiger partial charge on any atom is 0.324 e. The van der Waals surface area contributed by atoms with Crippen LogP contribution in [0.4, 0.5) is 0 Å². The van der Waals surface area contributed by atoms with Gasteiger partial charge in [-0.05, 0) is 30.2 Å². The van der Waals surface area contributed by atoms with Gasteiger partial charge in [-0.1, -0.05) is 6.07 Å². The van der Waals surface area contributed by atoms with Gasteiger partial charge in [0.15, 0.2) is 0 Å². The van der Waals surface area contributed by atoms with Crippen molar-refractivity contribution in [1.29, 1.82) is 0 Å². The molecule has 6 heteroatoms. The van der Waals surface area contributed by atoms with Crippen LogP contribution in [0.25, 0.3) is 0 Å². The highest BCUT2D eigenvalue weighted by Crippen LogP contribution is 2.61. The molecule has 3 N–H and O–H groups in total. The van der Waals surface area contributed by atoms with Crippen molar-refractivity contribution in [3.8, 4) is 0 Å². The predicted molar refractivity (Wildman–Crippen MR) is 68.4 cm³/mol. The average molecular weight is 281 g/mol. The molecule has 2 aliphatic carbocycles. The minimum absolute atomic E-state index is 0.0944. The molecule has 1 aromatic heterocycles. The van der Waals surface area contributed by atoms with Crippen LogP contribution >= 0.6 is 11.3 Å². The number of ether oxygens (including phenoxy) is 1. The molecule has 0 radical (unpaired) electrons. The van der Waals surface area contributed by atoms with Crippen molar-refractivity contribution in [2.24, 2.45) is 23.5 Å². The van der Waals surface area contributed by atoms with Gasteiger partial charge in [-0.3, -0.25) is 9.59 Å². The van der Waals surface area contributed by atoms with Crippen molar-refractivity contribution in [3.63, 3.8) is 0 Å². The number of rotatable bonds is 4. The summed E-state index contributed by atoms with van der Waals surface area (Å²) in [6, 6.07) is 3.80. The second kappa shape index (κ2) is 4.31. The summed E-state index contributed by atoms with van der Waals surface area (Å²) in [7, 11) is 0. The molecule has 4 atom stereocenters. The normalized spacial score (nSPS) is 35.7. The zero-order chi connectivity index (χ0) is 13.6. The van der Waals surface area contributed by atoms with Gasteiger partial charge in [-0.25, -0.2) is 0 Å². The number of carboxylic acid groups (broad SMARTS) is 1. The maximum atomic E-state index is 12.0. The number of esters is 1. The van der Waals surface area contributed by atoms with E-state index in [0.717, 1.165) is 4.88 Å². The number of fused-ring (bicyclic) bond motifs is 1. The Balaban J connectivity index is 1.60. The van der Waals surface area contributed by atoms with E-state index in [4.69, 9.17) is 10.5 Å². The molecular weight excluding hydrogens is 266 g/mol. The third kappa shape index (κ3) is 1.95. The van der Waals surface area contributed by atoms with Gasteiger partial charge in [-0.15, -0.1) is 11.3 Å². The monoisotopic (exact) mass is 281 g/mol. The molecule has 0 amide bonds.